The summed E-state index contributed by atoms with van der Waals surface area (Å²) in [5, 5.41) is 22.1. The highest BCUT2D eigenvalue weighted by Crippen LogP contribution is 2.37. The number of hydrogen-bond acceptors (Lipinski definition) is 5. The van der Waals surface area contributed by atoms with Gasteiger partial charge in [0.2, 0.25) is 0 Å². The Bertz CT molecular complexity index is 586. The summed E-state index contributed by atoms with van der Waals surface area (Å²) in [6.07, 6.45) is 3.07. The Morgan fingerprint density at radius 1 is 1.45 bits per heavy atom. The zero-order valence-electron chi connectivity index (χ0n) is 10.5. The number of aromatic hydroxyl groups is 2. The number of benzene rings is 1. The number of phenols is 2. The number of halogens is 1. The molecule has 1 atom stereocenters. The van der Waals surface area contributed by atoms with Crippen LogP contribution in [0.4, 0.5) is 0 Å². The number of carbonyl (C=O) groups is 1. The van der Waals surface area contributed by atoms with E-state index in [9.17, 15) is 15.0 Å². The third kappa shape index (κ3) is 2.71. The first-order valence-electron chi connectivity index (χ1n) is 5.86. The van der Waals surface area contributed by atoms with Crippen molar-refractivity contribution in [3.05, 3.63) is 47.1 Å². The maximum atomic E-state index is 12.0. The molecule has 0 aliphatic carbocycles. The van der Waals surface area contributed by atoms with E-state index in [4.69, 9.17) is 11.6 Å². The zero-order valence-corrected chi connectivity index (χ0v) is 11.2. The Morgan fingerprint density at radius 2 is 2.20 bits per heavy atom. The van der Waals surface area contributed by atoms with Gasteiger partial charge in [-0.2, -0.15) is 0 Å². The van der Waals surface area contributed by atoms with Crippen LogP contribution in [0.25, 0.3) is 0 Å². The number of carbonyl (C=O) groups excluding carboxylic acids is 1. The molecule has 1 aromatic rings. The SMILES string of the molecule is C=CCNC(=O)C1=CNNC1c1cc(Cl)c(O)cc1O. The van der Waals surface area contributed by atoms with Crippen LogP contribution >= 0.6 is 11.6 Å². The molecule has 0 spiro atoms. The number of rotatable bonds is 4. The summed E-state index contributed by atoms with van der Waals surface area (Å²) in [5.74, 6) is -0.674. The third-order valence-electron chi connectivity index (χ3n) is 2.84. The largest absolute Gasteiger partial charge is 0.507 e. The Kier molecular flexibility index (Phi) is 4.16. The highest BCUT2D eigenvalue weighted by Gasteiger charge is 2.28. The molecule has 6 nitrogen and oxygen atoms in total. The van der Waals surface area contributed by atoms with Gasteiger partial charge in [0.1, 0.15) is 11.5 Å². The van der Waals surface area contributed by atoms with Gasteiger partial charge < -0.3 is 21.0 Å². The van der Waals surface area contributed by atoms with E-state index in [1.807, 2.05) is 0 Å². The fourth-order valence-electron chi connectivity index (χ4n) is 1.87. The summed E-state index contributed by atoms with van der Waals surface area (Å²) < 4.78 is 0. The molecule has 1 aliphatic heterocycles. The van der Waals surface area contributed by atoms with E-state index in [0.717, 1.165) is 6.07 Å². The summed E-state index contributed by atoms with van der Waals surface area (Å²) in [4.78, 5) is 12.0. The van der Waals surface area contributed by atoms with Gasteiger partial charge in [-0.25, -0.2) is 5.43 Å². The van der Waals surface area contributed by atoms with Crippen molar-refractivity contribution in [2.75, 3.05) is 6.54 Å². The molecule has 1 aliphatic rings. The molecule has 1 heterocycles. The highest BCUT2D eigenvalue weighted by atomic mass is 35.5. The van der Waals surface area contributed by atoms with E-state index >= 15 is 0 Å². The predicted molar refractivity (Wildman–Crippen MR) is 75.1 cm³/mol. The van der Waals surface area contributed by atoms with Crippen molar-refractivity contribution in [3.8, 4) is 11.5 Å². The first-order valence-corrected chi connectivity index (χ1v) is 6.24. The molecule has 1 unspecified atom stereocenters. The monoisotopic (exact) mass is 295 g/mol. The summed E-state index contributed by atoms with van der Waals surface area (Å²) in [5.41, 5.74) is 6.34. The number of nitrogens with one attached hydrogen (secondary N) is 3. The molecular formula is C13H14ClN3O3. The first-order chi connectivity index (χ1) is 9.54. The molecule has 0 saturated heterocycles. The molecule has 0 radical (unpaired) electrons. The lowest BCUT2D eigenvalue weighted by molar-refractivity contribution is -0.117. The van der Waals surface area contributed by atoms with Crippen LogP contribution in [0.15, 0.2) is 36.6 Å². The van der Waals surface area contributed by atoms with Crippen molar-refractivity contribution in [1.82, 2.24) is 16.2 Å². The smallest absolute Gasteiger partial charge is 0.250 e. The lowest BCUT2D eigenvalue weighted by atomic mass is 9.99. The minimum absolute atomic E-state index is 0.0948. The molecule has 1 amide bonds. The maximum absolute atomic E-state index is 12.0. The van der Waals surface area contributed by atoms with Crippen molar-refractivity contribution in [2.24, 2.45) is 0 Å². The average molecular weight is 296 g/mol. The number of amides is 1. The zero-order chi connectivity index (χ0) is 14.7. The van der Waals surface area contributed by atoms with Crippen LogP contribution in [0, 0.1) is 0 Å². The summed E-state index contributed by atoms with van der Waals surface area (Å²) in [7, 11) is 0. The van der Waals surface area contributed by atoms with Crippen molar-refractivity contribution in [1.29, 1.82) is 0 Å². The van der Waals surface area contributed by atoms with Gasteiger partial charge in [0.15, 0.2) is 0 Å². The second kappa shape index (κ2) is 5.85. The van der Waals surface area contributed by atoms with Gasteiger partial charge in [0.05, 0.1) is 16.6 Å². The molecular weight excluding hydrogens is 282 g/mol. The molecule has 2 rings (SSSR count). The molecule has 0 saturated carbocycles. The van der Waals surface area contributed by atoms with Crippen molar-refractivity contribution >= 4 is 17.5 Å². The molecule has 1 aromatic carbocycles. The van der Waals surface area contributed by atoms with Gasteiger partial charge in [-0.1, -0.05) is 17.7 Å². The van der Waals surface area contributed by atoms with Crippen LogP contribution in [-0.2, 0) is 4.79 Å². The van der Waals surface area contributed by atoms with Gasteiger partial charge in [-0.15, -0.1) is 6.58 Å². The van der Waals surface area contributed by atoms with Crippen LogP contribution in [0.5, 0.6) is 11.5 Å². The van der Waals surface area contributed by atoms with E-state index in [0.29, 0.717) is 17.7 Å². The second-order valence-electron chi connectivity index (χ2n) is 4.18. The van der Waals surface area contributed by atoms with Gasteiger partial charge in [0, 0.05) is 24.4 Å². The number of phenolic OH excluding ortho intramolecular Hbond substituents is 2. The molecule has 106 valence electrons. The molecule has 7 heteroatoms. The Balaban J connectivity index is 2.29. The Hall–Kier alpha value is -2.18. The highest BCUT2D eigenvalue weighted by molar-refractivity contribution is 6.32. The van der Waals surface area contributed by atoms with Crippen molar-refractivity contribution < 1.29 is 15.0 Å². The predicted octanol–water partition coefficient (Wildman–Crippen LogP) is 1.09. The van der Waals surface area contributed by atoms with Crippen molar-refractivity contribution in [2.45, 2.75) is 6.04 Å². The summed E-state index contributed by atoms with van der Waals surface area (Å²) in [6.45, 7) is 3.86. The lowest BCUT2D eigenvalue weighted by Gasteiger charge is -2.16. The fourth-order valence-corrected chi connectivity index (χ4v) is 2.04. The summed E-state index contributed by atoms with van der Waals surface area (Å²) in [6, 6.07) is 1.97. The Labute approximate surface area is 120 Å². The molecule has 0 bridgehead atoms. The summed E-state index contributed by atoms with van der Waals surface area (Å²) >= 11 is 5.83. The minimum Gasteiger partial charge on any atom is -0.507 e. The molecule has 0 aromatic heterocycles. The van der Waals surface area contributed by atoms with E-state index in [2.05, 4.69) is 22.7 Å². The molecule has 20 heavy (non-hydrogen) atoms. The van der Waals surface area contributed by atoms with Gasteiger partial charge in [-0.05, 0) is 6.07 Å². The minimum atomic E-state index is -0.571. The van der Waals surface area contributed by atoms with E-state index < -0.39 is 6.04 Å². The Morgan fingerprint density at radius 3 is 2.90 bits per heavy atom. The third-order valence-corrected chi connectivity index (χ3v) is 3.15. The second-order valence-corrected chi connectivity index (χ2v) is 4.59. The first kappa shape index (κ1) is 14.2. The van der Waals surface area contributed by atoms with Crippen LogP contribution < -0.4 is 16.2 Å². The topological polar surface area (TPSA) is 93.6 Å². The van der Waals surface area contributed by atoms with E-state index in [1.54, 1.807) is 6.08 Å². The standard InChI is InChI=1S/C13H14ClN3O3/c1-2-3-15-13(20)8-6-16-17-12(8)7-4-9(14)11(19)5-10(7)18/h2,4-6,12,16-19H,1,3H2,(H,15,20). The van der Waals surface area contributed by atoms with Crippen molar-refractivity contribution in [3.63, 3.8) is 0 Å². The molecule has 0 fully saturated rings. The normalized spacial score (nSPS) is 17.2. The van der Waals surface area contributed by atoms with Crippen LogP contribution in [0.3, 0.4) is 0 Å². The van der Waals surface area contributed by atoms with Gasteiger partial charge in [0.25, 0.3) is 5.91 Å². The van der Waals surface area contributed by atoms with Gasteiger partial charge in [-0.3, -0.25) is 4.79 Å². The fraction of sp³-hybridized carbons (Fsp3) is 0.154. The lowest BCUT2D eigenvalue weighted by Crippen LogP contribution is -2.31. The van der Waals surface area contributed by atoms with Crippen LogP contribution in [0.1, 0.15) is 11.6 Å². The van der Waals surface area contributed by atoms with E-state index in [-0.39, 0.29) is 22.4 Å². The van der Waals surface area contributed by atoms with Gasteiger partial charge >= 0.3 is 0 Å². The van der Waals surface area contributed by atoms with Crippen LogP contribution in [-0.4, -0.2) is 22.7 Å². The quantitative estimate of drug-likeness (QED) is 0.536. The molecule has 5 N–H and O–H groups in total. The number of hydrogen-bond donors (Lipinski definition) is 5. The average Bonchev–Trinajstić information content (AvgIpc) is 2.89. The maximum Gasteiger partial charge on any atom is 0.250 e. The van der Waals surface area contributed by atoms with E-state index in [1.165, 1.54) is 12.3 Å². The number of hydrazine groups is 1. The van der Waals surface area contributed by atoms with Crippen LogP contribution in [0.2, 0.25) is 5.02 Å².